The van der Waals surface area contributed by atoms with Crippen LogP contribution >= 0.6 is 11.6 Å². The minimum absolute atomic E-state index is 0.0783. The van der Waals surface area contributed by atoms with E-state index in [1.165, 1.54) is 0 Å². The number of ether oxygens (including phenoxy) is 1. The highest BCUT2D eigenvalue weighted by Crippen LogP contribution is 2.40. The van der Waals surface area contributed by atoms with E-state index < -0.39 is 0 Å². The van der Waals surface area contributed by atoms with Crippen molar-refractivity contribution in [3.05, 3.63) is 27.8 Å². The van der Waals surface area contributed by atoms with Gasteiger partial charge in [-0.3, -0.25) is 4.79 Å². The topological polar surface area (TPSA) is 94.7 Å². The summed E-state index contributed by atoms with van der Waals surface area (Å²) in [5, 5.41) is 24.7. The minimum Gasteiger partial charge on any atom is -0.493 e. The molecular weight excluding hydrogens is 306 g/mol. The van der Waals surface area contributed by atoms with Crippen molar-refractivity contribution >= 4 is 23.2 Å². The van der Waals surface area contributed by atoms with E-state index in [4.69, 9.17) is 21.5 Å². The SMILES string of the molecule is CCOc1c(C(C)=NO)cc(Cl)c(C#N)c1C1CNC(=O)C1. The molecule has 0 bridgehead atoms. The number of carbonyl (C=O) groups is 1. The first kappa shape index (κ1) is 16.1. The number of halogens is 1. The van der Waals surface area contributed by atoms with Gasteiger partial charge in [-0.05, 0) is 19.9 Å². The fourth-order valence-electron chi connectivity index (χ4n) is 2.59. The Kier molecular flexibility index (Phi) is 4.88. The molecule has 0 aromatic heterocycles. The van der Waals surface area contributed by atoms with Gasteiger partial charge in [0.05, 0.1) is 22.9 Å². The fraction of sp³-hybridized carbons (Fsp3) is 0.400. The highest BCUT2D eigenvalue weighted by atomic mass is 35.5. The lowest BCUT2D eigenvalue weighted by Gasteiger charge is -2.20. The lowest BCUT2D eigenvalue weighted by Crippen LogP contribution is -2.15. The van der Waals surface area contributed by atoms with Gasteiger partial charge in [-0.25, -0.2) is 0 Å². The maximum Gasteiger partial charge on any atom is 0.220 e. The third-order valence-corrected chi connectivity index (χ3v) is 3.89. The number of oxime groups is 1. The summed E-state index contributed by atoms with van der Waals surface area (Å²) >= 11 is 6.20. The molecule has 0 saturated carbocycles. The average molecular weight is 322 g/mol. The lowest BCUT2D eigenvalue weighted by molar-refractivity contribution is -0.119. The van der Waals surface area contributed by atoms with Gasteiger partial charge >= 0.3 is 0 Å². The highest BCUT2D eigenvalue weighted by molar-refractivity contribution is 6.32. The van der Waals surface area contributed by atoms with E-state index in [0.717, 1.165) is 0 Å². The van der Waals surface area contributed by atoms with Crippen LogP contribution in [0, 0.1) is 11.3 Å². The molecule has 22 heavy (non-hydrogen) atoms. The molecule has 1 aromatic rings. The van der Waals surface area contributed by atoms with Gasteiger partial charge in [-0.2, -0.15) is 5.26 Å². The zero-order chi connectivity index (χ0) is 16.3. The molecule has 2 rings (SSSR count). The van der Waals surface area contributed by atoms with Crippen LogP contribution in [0.2, 0.25) is 5.02 Å². The highest BCUT2D eigenvalue weighted by Gasteiger charge is 2.31. The Balaban J connectivity index is 2.73. The second kappa shape index (κ2) is 6.67. The van der Waals surface area contributed by atoms with Crippen molar-refractivity contribution in [3.8, 4) is 11.8 Å². The number of benzene rings is 1. The van der Waals surface area contributed by atoms with Crippen molar-refractivity contribution in [3.63, 3.8) is 0 Å². The molecule has 1 atom stereocenters. The second-order valence-corrected chi connectivity index (χ2v) is 5.37. The van der Waals surface area contributed by atoms with Gasteiger partial charge in [0.15, 0.2) is 0 Å². The molecule has 116 valence electrons. The molecule has 1 aliphatic rings. The first-order valence-electron chi connectivity index (χ1n) is 6.88. The maximum atomic E-state index is 11.5. The number of carbonyl (C=O) groups excluding carboxylic acids is 1. The number of nitriles is 1. The molecule has 1 amide bonds. The van der Waals surface area contributed by atoms with E-state index in [2.05, 4.69) is 16.5 Å². The molecule has 1 heterocycles. The largest absolute Gasteiger partial charge is 0.493 e. The van der Waals surface area contributed by atoms with Gasteiger partial charge in [0.25, 0.3) is 0 Å². The van der Waals surface area contributed by atoms with E-state index in [9.17, 15) is 10.1 Å². The van der Waals surface area contributed by atoms with Gasteiger partial charge in [0.2, 0.25) is 5.91 Å². The molecule has 1 saturated heterocycles. The second-order valence-electron chi connectivity index (χ2n) is 4.96. The molecule has 1 fully saturated rings. The van der Waals surface area contributed by atoms with Crippen molar-refractivity contribution in [2.24, 2.45) is 5.16 Å². The summed E-state index contributed by atoms with van der Waals surface area (Å²) in [6.07, 6.45) is 0.268. The maximum absolute atomic E-state index is 11.5. The average Bonchev–Trinajstić information content (AvgIpc) is 2.93. The van der Waals surface area contributed by atoms with Gasteiger partial charge < -0.3 is 15.3 Å². The van der Waals surface area contributed by atoms with Gasteiger partial charge in [0, 0.05) is 30.0 Å². The standard InChI is InChI=1S/C15H16ClN3O3/c1-3-22-15-10(8(2)19-21)5-12(16)11(6-17)14(15)9-4-13(20)18-7-9/h5,9,21H,3-4,7H2,1-2H3,(H,18,20). The summed E-state index contributed by atoms with van der Waals surface area (Å²) in [5.41, 5.74) is 1.73. The monoisotopic (exact) mass is 321 g/mol. The third kappa shape index (κ3) is 2.85. The predicted octanol–water partition coefficient (Wildman–Crippen LogP) is 2.41. The van der Waals surface area contributed by atoms with Crippen LogP contribution in [0.25, 0.3) is 0 Å². The third-order valence-electron chi connectivity index (χ3n) is 3.59. The Morgan fingerprint density at radius 2 is 2.41 bits per heavy atom. The fourth-order valence-corrected chi connectivity index (χ4v) is 2.84. The number of nitrogens with one attached hydrogen (secondary N) is 1. The minimum atomic E-state index is -0.201. The van der Waals surface area contributed by atoms with Crippen molar-refractivity contribution < 1.29 is 14.7 Å². The first-order chi connectivity index (χ1) is 10.5. The molecule has 0 spiro atoms. The van der Waals surface area contributed by atoms with Crippen LogP contribution in [-0.2, 0) is 4.79 Å². The van der Waals surface area contributed by atoms with Crippen LogP contribution in [-0.4, -0.2) is 30.0 Å². The molecule has 6 nitrogen and oxygen atoms in total. The Bertz CT molecular complexity index is 680. The predicted molar refractivity (Wildman–Crippen MR) is 81.7 cm³/mol. The molecule has 0 aliphatic carbocycles. The molecule has 1 unspecified atom stereocenters. The summed E-state index contributed by atoms with van der Waals surface area (Å²) in [6.45, 7) is 4.22. The van der Waals surface area contributed by atoms with Crippen LogP contribution in [0.1, 0.15) is 42.9 Å². The summed E-state index contributed by atoms with van der Waals surface area (Å²) in [6, 6.07) is 3.63. The van der Waals surface area contributed by atoms with Gasteiger partial charge in [-0.1, -0.05) is 16.8 Å². The summed E-state index contributed by atoms with van der Waals surface area (Å²) in [7, 11) is 0. The van der Waals surface area contributed by atoms with Crippen molar-refractivity contribution in [1.82, 2.24) is 5.32 Å². The van der Waals surface area contributed by atoms with Gasteiger partial charge in [-0.15, -0.1) is 0 Å². The van der Waals surface area contributed by atoms with Crippen molar-refractivity contribution in [2.45, 2.75) is 26.2 Å². The zero-order valence-corrected chi connectivity index (χ0v) is 13.1. The van der Waals surface area contributed by atoms with Crippen LogP contribution in [0.3, 0.4) is 0 Å². The number of amides is 1. The van der Waals surface area contributed by atoms with Crippen LogP contribution in [0.4, 0.5) is 0 Å². The van der Waals surface area contributed by atoms with Crippen LogP contribution in [0.15, 0.2) is 11.2 Å². The van der Waals surface area contributed by atoms with E-state index in [-0.39, 0.29) is 23.3 Å². The Morgan fingerprint density at radius 1 is 1.68 bits per heavy atom. The quantitative estimate of drug-likeness (QED) is 0.506. The summed E-state index contributed by atoms with van der Waals surface area (Å²) in [4.78, 5) is 11.5. The summed E-state index contributed by atoms with van der Waals surface area (Å²) < 4.78 is 5.70. The summed E-state index contributed by atoms with van der Waals surface area (Å²) in [5.74, 6) is 0.165. The van der Waals surface area contributed by atoms with E-state index >= 15 is 0 Å². The van der Waals surface area contributed by atoms with E-state index in [1.807, 2.05) is 6.92 Å². The van der Waals surface area contributed by atoms with Crippen LogP contribution < -0.4 is 10.1 Å². The van der Waals surface area contributed by atoms with E-state index in [1.54, 1.807) is 13.0 Å². The molecule has 1 aliphatic heterocycles. The lowest BCUT2D eigenvalue weighted by atomic mass is 9.89. The number of nitrogens with zero attached hydrogens (tertiary/aromatic N) is 2. The van der Waals surface area contributed by atoms with Crippen molar-refractivity contribution in [2.75, 3.05) is 13.2 Å². The van der Waals surface area contributed by atoms with Gasteiger partial charge in [0.1, 0.15) is 11.8 Å². The van der Waals surface area contributed by atoms with E-state index in [0.29, 0.717) is 41.3 Å². The normalized spacial score (nSPS) is 18.0. The number of hydrogen-bond acceptors (Lipinski definition) is 5. The van der Waals surface area contributed by atoms with Crippen molar-refractivity contribution in [1.29, 1.82) is 5.26 Å². The molecule has 2 N–H and O–H groups in total. The molecule has 7 heteroatoms. The molecular formula is C15H16ClN3O3. The zero-order valence-electron chi connectivity index (χ0n) is 12.3. The molecule has 0 radical (unpaired) electrons. The first-order valence-corrected chi connectivity index (χ1v) is 7.26. The smallest absolute Gasteiger partial charge is 0.220 e. The molecule has 1 aromatic carbocycles. The Hall–Kier alpha value is -2.26. The Labute approximate surface area is 133 Å². The number of rotatable bonds is 4. The Morgan fingerprint density at radius 3 is 2.91 bits per heavy atom. The number of hydrogen-bond donors (Lipinski definition) is 2. The van der Waals surface area contributed by atoms with Crippen LogP contribution in [0.5, 0.6) is 5.75 Å².